The molecule has 0 atom stereocenters. The summed E-state index contributed by atoms with van der Waals surface area (Å²) in [6.07, 6.45) is 5.76. The van der Waals surface area contributed by atoms with Crippen molar-refractivity contribution < 1.29 is 14.3 Å². The van der Waals surface area contributed by atoms with Crippen LogP contribution in [0.5, 0.6) is 0 Å². The van der Waals surface area contributed by atoms with E-state index in [1.165, 1.54) is 25.7 Å². The van der Waals surface area contributed by atoms with Crippen molar-refractivity contribution in [1.29, 1.82) is 0 Å². The Labute approximate surface area is 188 Å². The van der Waals surface area contributed by atoms with Crippen LogP contribution >= 0.6 is 24.0 Å². The lowest BCUT2D eigenvalue weighted by Gasteiger charge is -2.27. The second-order valence-corrected chi connectivity index (χ2v) is 8.47. The van der Waals surface area contributed by atoms with Gasteiger partial charge in [-0.25, -0.2) is 4.79 Å². The maximum absolute atomic E-state index is 12.0. The minimum absolute atomic E-state index is 0. The molecule has 0 aromatic rings. The molecule has 1 fully saturated rings. The molecule has 1 rings (SSSR count). The lowest BCUT2D eigenvalue weighted by atomic mass is 9.83. The highest BCUT2D eigenvalue weighted by atomic mass is 127. The first-order chi connectivity index (χ1) is 12.7. The van der Waals surface area contributed by atoms with E-state index in [4.69, 9.17) is 14.5 Å². The molecule has 1 aliphatic rings. The molecule has 0 aliphatic heterocycles. The molecule has 2 N–H and O–H groups in total. The van der Waals surface area contributed by atoms with Crippen LogP contribution in [0.15, 0.2) is 4.99 Å². The number of ether oxygens (including phenoxy) is 2. The van der Waals surface area contributed by atoms with E-state index in [9.17, 15) is 4.79 Å². The summed E-state index contributed by atoms with van der Waals surface area (Å²) in [5, 5.41) is 6.62. The zero-order valence-corrected chi connectivity index (χ0v) is 20.9. The van der Waals surface area contributed by atoms with Crippen LogP contribution in [0.2, 0.25) is 0 Å². The first kappa shape index (κ1) is 27.2. The molecular formula is C20H41IN4O3. The number of nitrogens with zero attached hydrogens (tertiary/aromatic N) is 2. The average molecular weight is 512 g/mol. The molecule has 0 bridgehead atoms. The first-order valence-corrected chi connectivity index (χ1v) is 10.2. The Morgan fingerprint density at radius 1 is 1.21 bits per heavy atom. The van der Waals surface area contributed by atoms with Gasteiger partial charge in [0.05, 0.1) is 0 Å². The van der Waals surface area contributed by atoms with Gasteiger partial charge in [-0.1, -0.05) is 12.8 Å². The van der Waals surface area contributed by atoms with Gasteiger partial charge >= 0.3 is 6.09 Å². The molecule has 0 unspecified atom stereocenters. The Morgan fingerprint density at radius 3 is 2.39 bits per heavy atom. The van der Waals surface area contributed by atoms with Crippen molar-refractivity contribution in [2.45, 2.75) is 65.4 Å². The fraction of sp³-hybridized carbons (Fsp3) is 0.900. The number of likely N-dealkylation sites (N-methyl/N-ethyl adjacent to an activating group) is 1. The second kappa shape index (κ2) is 13.5. The predicted octanol–water partition coefficient (Wildman–Crippen LogP) is 3.62. The molecular weight excluding hydrogens is 471 g/mol. The van der Waals surface area contributed by atoms with Crippen molar-refractivity contribution in [3.63, 3.8) is 0 Å². The van der Waals surface area contributed by atoms with Crippen molar-refractivity contribution in [1.82, 2.24) is 15.5 Å². The topological polar surface area (TPSA) is 75.2 Å². The molecule has 7 nitrogen and oxygen atoms in total. The molecule has 1 amide bonds. The normalized spacial score (nSPS) is 16.3. The minimum atomic E-state index is -0.479. The number of hydrogen-bond acceptors (Lipinski definition) is 4. The van der Waals surface area contributed by atoms with Crippen LogP contribution in [-0.4, -0.2) is 69.5 Å². The van der Waals surface area contributed by atoms with Gasteiger partial charge in [0.1, 0.15) is 5.60 Å². The van der Waals surface area contributed by atoms with Crippen molar-refractivity contribution in [3.8, 4) is 0 Å². The lowest BCUT2D eigenvalue weighted by Crippen LogP contribution is -2.43. The van der Waals surface area contributed by atoms with Gasteiger partial charge < -0.3 is 25.0 Å². The van der Waals surface area contributed by atoms with Gasteiger partial charge in [0.2, 0.25) is 0 Å². The standard InChI is InChI=1S/C20H40N4O3.HI/c1-7-21-17(22-13-14-24(5)18(25)27-19(2,3)4)23-16-20(12-15-26-6)10-8-9-11-20;/h7-16H2,1-6H3,(H2,21,22,23);1H. The SMILES string of the molecule is CCNC(=NCC1(CCOC)CCCC1)NCCN(C)C(=O)OC(C)(C)C.I. The number of amides is 1. The zero-order valence-electron chi connectivity index (χ0n) is 18.6. The highest BCUT2D eigenvalue weighted by Gasteiger charge is 2.33. The average Bonchev–Trinajstić information content (AvgIpc) is 3.05. The largest absolute Gasteiger partial charge is 0.444 e. The smallest absolute Gasteiger partial charge is 0.410 e. The highest BCUT2D eigenvalue weighted by Crippen LogP contribution is 2.41. The van der Waals surface area contributed by atoms with Gasteiger partial charge in [-0.3, -0.25) is 4.99 Å². The van der Waals surface area contributed by atoms with Gasteiger partial charge in [-0.2, -0.15) is 0 Å². The summed E-state index contributed by atoms with van der Waals surface area (Å²) >= 11 is 0. The van der Waals surface area contributed by atoms with Crippen LogP contribution in [0, 0.1) is 5.41 Å². The van der Waals surface area contributed by atoms with Crippen molar-refractivity contribution in [3.05, 3.63) is 0 Å². The van der Waals surface area contributed by atoms with Crippen molar-refractivity contribution in [2.75, 3.05) is 46.9 Å². The van der Waals surface area contributed by atoms with Crippen molar-refractivity contribution in [2.24, 2.45) is 10.4 Å². The van der Waals surface area contributed by atoms with E-state index in [2.05, 4.69) is 17.6 Å². The maximum atomic E-state index is 12.0. The highest BCUT2D eigenvalue weighted by molar-refractivity contribution is 14.0. The Balaban J connectivity index is 0.00000729. The number of hydrogen-bond donors (Lipinski definition) is 2. The summed E-state index contributed by atoms with van der Waals surface area (Å²) in [5.41, 5.74) is -0.210. The zero-order chi connectivity index (χ0) is 20.3. The van der Waals surface area contributed by atoms with E-state index >= 15 is 0 Å². The number of aliphatic imine (C=N–C) groups is 1. The lowest BCUT2D eigenvalue weighted by molar-refractivity contribution is 0.0302. The van der Waals surface area contributed by atoms with Gasteiger partial charge in [-0.15, -0.1) is 24.0 Å². The summed E-state index contributed by atoms with van der Waals surface area (Å²) in [7, 11) is 3.51. The van der Waals surface area contributed by atoms with E-state index in [0.29, 0.717) is 13.1 Å². The molecule has 0 spiro atoms. The number of rotatable bonds is 9. The fourth-order valence-corrected chi connectivity index (χ4v) is 3.29. The molecule has 166 valence electrons. The summed E-state index contributed by atoms with van der Waals surface area (Å²) in [6.45, 7) is 11.2. The van der Waals surface area contributed by atoms with Crippen LogP contribution in [0.3, 0.4) is 0 Å². The monoisotopic (exact) mass is 512 g/mol. The summed E-state index contributed by atoms with van der Waals surface area (Å²) in [6, 6.07) is 0. The Bertz CT molecular complexity index is 475. The quantitative estimate of drug-likeness (QED) is 0.281. The Hall–Kier alpha value is -0.770. The number of guanidine groups is 1. The molecule has 1 aliphatic carbocycles. The number of halogens is 1. The number of carbonyl (C=O) groups excluding carboxylic acids is 1. The van der Waals surface area contributed by atoms with Crippen LogP contribution < -0.4 is 10.6 Å². The van der Waals surface area contributed by atoms with Crippen molar-refractivity contribution >= 4 is 36.0 Å². The molecule has 8 heteroatoms. The summed E-state index contributed by atoms with van der Waals surface area (Å²) in [4.78, 5) is 18.4. The van der Waals surface area contributed by atoms with Crippen LogP contribution in [0.1, 0.15) is 59.8 Å². The molecule has 0 heterocycles. The molecule has 0 aromatic heterocycles. The molecule has 0 aromatic carbocycles. The number of methoxy groups -OCH3 is 1. The third-order valence-corrected chi connectivity index (χ3v) is 4.86. The third-order valence-electron chi connectivity index (χ3n) is 4.86. The minimum Gasteiger partial charge on any atom is -0.444 e. The van der Waals surface area contributed by atoms with E-state index in [1.807, 2.05) is 20.8 Å². The van der Waals surface area contributed by atoms with Gasteiger partial charge in [-0.05, 0) is 52.4 Å². The number of nitrogens with one attached hydrogen (secondary N) is 2. The Morgan fingerprint density at radius 2 is 1.86 bits per heavy atom. The van der Waals surface area contributed by atoms with Crippen LogP contribution in [0.25, 0.3) is 0 Å². The van der Waals surface area contributed by atoms with E-state index in [1.54, 1.807) is 19.1 Å². The maximum Gasteiger partial charge on any atom is 0.410 e. The number of carbonyl (C=O) groups is 1. The van der Waals surface area contributed by atoms with Gasteiger partial charge in [0, 0.05) is 46.9 Å². The molecule has 0 radical (unpaired) electrons. The second-order valence-electron chi connectivity index (χ2n) is 8.47. The van der Waals surface area contributed by atoms with E-state index in [-0.39, 0.29) is 35.5 Å². The van der Waals surface area contributed by atoms with Crippen LogP contribution in [0.4, 0.5) is 4.79 Å². The molecule has 28 heavy (non-hydrogen) atoms. The fourth-order valence-electron chi connectivity index (χ4n) is 3.29. The predicted molar refractivity (Wildman–Crippen MR) is 126 cm³/mol. The van der Waals surface area contributed by atoms with Crippen LogP contribution in [-0.2, 0) is 9.47 Å². The van der Waals surface area contributed by atoms with Gasteiger partial charge in [0.15, 0.2) is 5.96 Å². The summed E-state index contributed by atoms with van der Waals surface area (Å²) in [5.74, 6) is 0.804. The first-order valence-electron chi connectivity index (χ1n) is 10.2. The Kier molecular flexibility index (Phi) is 13.1. The van der Waals surface area contributed by atoms with Gasteiger partial charge in [0.25, 0.3) is 0 Å². The molecule has 0 saturated heterocycles. The third kappa shape index (κ3) is 10.7. The van der Waals surface area contributed by atoms with E-state index in [0.717, 1.165) is 32.1 Å². The summed E-state index contributed by atoms with van der Waals surface area (Å²) < 4.78 is 10.7. The molecule has 1 saturated carbocycles. The van der Waals surface area contributed by atoms with E-state index < -0.39 is 5.60 Å².